The summed E-state index contributed by atoms with van der Waals surface area (Å²) in [6.07, 6.45) is 4.32. The predicted octanol–water partition coefficient (Wildman–Crippen LogP) is 2.01. The molecule has 0 bridgehead atoms. The Labute approximate surface area is 126 Å². The van der Waals surface area contributed by atoms with Gasteiger partial charge < -0.3 is 10.5 Å². The molecule has 3 N–H and O–H groups in total. The van der Waals surface area contributed by atoms with Crippen LogP contribution in [0.25, 0.3) is 0 Å². The van der Waals surface area contributed by atoms with E-state index < -0.39 is 10.0 Å². The fraction of sp³-hybridized carbons (Fsp3) is 0.600. The van der Waals surface area contributed by atoms with Crippen molar-refractivity contribution < 1.29 is 13.2 Å². The molecular weight excluding hydrogens is 288 g/mol. The summed E-state index contributed by atoms with van der Waals surface area (Å²) in [5, 5.41) is 0. The molecule has 5 nitrogen and oxygen atoms in total. The molecule has 1 aliphatic carbocycles. The lowest BCUT2D eigenvalue weighted by molar-refractivity contribution is 0.313. The van der Waals surface area contributed by atoms with Gasteiger partial charge in [-0.3, -0.25) is 0 Å². The molecule has 1 saturated carbocycles. The van der Waals surface area contributed by atoms with E-state index in [9.17, 15) is 8.42 Å². The zero-order valence-electron chi connectivity index (χ0n) is 12.5. The number of benzene rings is 1. The second-order valence-corrected chi connectivity index (χ2v) is 7.24. The Morgan fingerprint density at radius 1 is 1.38 bits per heavy atom. The lowest BCUT2D eigenvalue weighted by atomic mass is 9.86. The third kappa shape index (κ3) is 4.18. The molecule has 1 aromatic carbocycles. The molecule has 1 aliphatic rings. The molecule has 0 amide bonds. The lowest BCUT2D eigenvalue weighted by Gasteiger charge is -2.25. The summed E-state index contributed by atoms with van der Waals surface area (Å²) in [6, 6.07) is 4.87. The van der Waals surface area contributed by atoms with Crippen LogP contribution in [0.2, 0.25) is 0 Å². The van der Waals surface area contributed by atoms with Crippen LogP contribution in [0.4, 0.5) is 0 Å². The van der Waals surface area contributed by atoms with Crippen molar-refractivity contribution in [1.82, 2.24) is 4.72 Å². The minimum Gasteiger partial charge on any atom is -0.493 e. The van der Waals surface area contributed by atoms with E-state index >= 15 is 0 Å². The molecule has 0 heterocycles. The first-order chi connectivity index (χ1) is 10.1. The zero-order valence-corrected chi connectivity index (χ0v) is 13.3. The Morgan fingerprint density at radius 3 is 2.71 bits per heavy atom. The first-order valence-corrected chi connectivity index (χ1v) is 9.00. The maximum absolute atomic E-state index is 12.3. The van der Waals surface area contributed by atoms with E-state index in [4.69, 9.17) is 10.5 Å². The first kappa shape index (κ1) is 16.3. The molecule has 6 heteroatoms. The van der Waals surface area contributed by atoms with Gasteiger partial charge in [0, 0.05) is 18.7 Å². The van der Waals surface area contributed by atoms with Crippen molar-refractivity contribution in [3.8, 4) is 5.75 Å². The molecular formula is C15H24N2O3S. The Morgan fingerprint density at radius 2 is 2.14 bits per heavy atom. The number of sulfonamides is 1. The van der Waals surface area contributed by atoms with Gasteiger partial charge in [-0.2, -0.15) is 0 Å². The molecule has 0 saturated heterocycles. The zero-order chi connectivity index (χ0) is 15.3. The number of ether oxygens (including phenoxy) is 1. The van der Waals surface area contributed by atoms with Crippen LogP contribution in [0.15, 0.2) is 23.1 Å². The SMILES string of the molecule is CCCOc1ccc(S(=O)(=O)NCC2CCC2)cc1CN. The molecule has 118 valence electrons. The third-order valence-corrected chi connectivity index (χ3v) is 5.23. The number of hydrogen-bond donors (Lipinski definition) is 2. The normalized spacial score (nSPS) is 15.7. The van der Waals surface area contributed by atoms with Crippen LogP contribution < -0.4 is 15.2 Å². The van der Waals surface area contributed by atoms with E-state index in [2.05, 4.69) is 4.72 Å². The Hall–Kier alpha value is -1.11. The fourth-order valence-electron chi connectivity index (χ4n) is 2.24. The molecule has 0 spiro atoms. The Kier molecular flexibility index (Phi) is 5.61. The maximum atomic E-state index is 12.3. The minimum atomic E-state index is -3.46. The average Bonchev–Trinajstić information content (AvgIpc) is 2.43. The van der Waals surface area contributed by atoms with Gasteiger partial charge in [-0.05, 0) is 43.4 Å². The van der Waals surface area contributed by atoms with Crippen molar-refractivity contribution in [3.05, 3.63) is 23.8 Å². The summed E-state index contributed by atoms with van der Waals surface area (Å²) in [4.78, 5) is 0.256. The summed E-state index contributed by atoms with van der Waals surface area (Å²) < 4.78 is 32.8. The van der Waals surface area contributed by atoms with Crippen LogP contribution in [-0.2, 0) is 16.6 Å². The molecule has 1 aromatic rings. The van der Waals surface area contributed by atoms with Gasteiger partial charge in [0.15, 0.2) is 0 Å². The maximum Gasteiger partial charge on any atom is 0.240 e. The number of nitrogens with two attached hydrogens (primary N) is 1. The summed E-state index contributed by atoms with van der Waals surface area (Å²) >= 11 is 0. The van der Waals surface area contributed by atoms with Crippen molar-refractivity contribution in [2.75, 3.05) is 13.2 Å². The summed E-state index contributed by atoms with van der Waals surface area (Å²) in [7, 11) is -3.46. The van der Waals surface area contributed by atoms with Crippen molar-refractivity contribution in [2.24, 2.45) is 11.7 Å². The van der Waals surface area contributed by atoms with Crippen molar-refractivity contribution in [2.45, 2.75) is 44.0 Å². The highest BCUT2D eigenvalue weighted by Crippen LogP contribution is 2.26. The smallest absolute Gasteiger partial charge is 0.240 e. The van der Waals surface area contributed by atoms with Gasteiger partial charge in [-0.1, -0.05) is 13.3 Å². The van der Waals surface area contributed by atoms with Gasteiger partial charge in [-0.15, -0.1) is 0 Å². The standard InChI is InChI=1S/C15H24N2O3S/c1-2-8-20-15-7-6-14(9-13(15)10-16)21(18,19)17-11-12-4-3-5-12/h6-7,9,12,17H,2-5,8,10-11,16H2,1H3. The van der Waals surface area contributed by atoms with Gasteiger partial charge >= 0.3 is 0 Å². The van der Waals surface area contributed by atoms with E-state index in [1.54, 1.807) is 18.2 Å². The van der Waals surface area contributed by atoms with E-state index in [0.717, 1.165) is 24.8 Å². The molecule has 0 radical (unpaired) electrons. The van der Waals surface area contributed by atoms with Crippen LogP contribution in [0.1, 0.15) is 38.2 Å². The molecule has 0 aromatic heterocycles. The Bertz CT molecular complexity index is 568. The highest BCUT2D eigenvalue weighted by atomic mass is 32.2. The van der Waals surface area contributed by atoms with Gasteiger partial charge in [-0.25, -0.2) is 13.1 Å². The third-order valence-electron chi connectivity index (χ3n) is 3.81. The van der Waals surface area contributed by atoms with Gasteiger partial charge in [0.25, 0.3) is 0 Å². The van der Waals surface area contributed by atoms with Crippen LogP contribution in [0, 0.1) is 5.92 Å². The molecule has 0 unspecified atom stereocenters. The Balaban J connectivity index is 2.10. The minimum absolute atomic E-state index is 0.255. The van der Waals surface area contributed by atoms with Gasteiger partial charge in [0.2, 0.25) is 10.0 Å². The number of nitrogens with one attached hydrogen (secondary N) is 1. The highest BCUT2D eigenvalue weighted by molar-refractivity contribution is 7.89. The fourth-order valence-corrected chi connectivity index (χ4v) is 3.41. The first-order valence-electron chi connectivity index (χ1n) is 7.52. The van der Waals surface area contributed by atoms with Crippen molar-refractivity contribution in [3.63, 3.8) is 0 Å². The average molecular weight is 312 g/mol. The quantitative estimate of drug-likeness (QED) is 0.769. The topological polar surface area (TPSA) is 81.4 Å². The van der Waals surface area contributed by atoms with E-state index in [1.165, 1.54) is 6.42 Å². The largest absolute Gasteiger partial charge is 0.493 e. The summed E-state index contributed by atoms with van der Waals surface area (Å²) in [5.74, 6) is 1.15. The van der Waals surface area contributed by atoms with E-state index in [-0.39, 0.29) is 11.4 Å². The number of hydrogen-bond acceptors (Lipinski definition) is 4. The van der Waals surface area contributed by atoms with E-state index in [0.29, 0.717) is 24.8 Å². The summed E-state index contributed by atoms with van der Waals surface area (Å²) in [6.45, 7) is 3.39. The monoisotopic (exact) mass is 312 g/mol. The molecule has 21 heavy (non-hydrogen) atoms. The van der Waals surface area contributed by atoms with Gasteiger partial charge in [0.1, 0.15) is 5.75 Å². The van der Waals surface area contributed by atoms with Gasteiger partial charge in [0.05, 0.1) is 11.5 Å². The second kappa shape index (κ2) is 7.24. The van der Waals surface area contributed by atoms with Crippen LogP contribution in [-0.4, -0.2) is 21.6 Å². The van der Waals surface area contributed by atoms with Crippen LogP contribution in [0.5, 0.6) is 5.75 Å². The lowest BCUT2D eigenvalue weighted by Crippen LogP contribution is -2.32. The molecule has 0 aliphatic heterocycles. The molecule has 1 fully saturated rings. The number of rotatable bonds is 8. The molecule has 0 atom stereocenters. The van der Waals surface area contributed by atoms with Crippen LogP contribution in [0.3, 0.4) is 0 Å². The van der Waals surface area contributed by atoms with Crippen molar-refractivity contribution >= 4 is 10.0 Å². The second-order valence-electron chi connectivity index (χ2n) is 5.47. The van der Waals surface area contributed by atoms with E-state index in [1.807, 2.05) is 6.92 Å². The summed E-state index contributed by atoms with van der Waals surface area (Å²) in [5.41, 5.74) is 6.41. The van der Waals surface area contributed by atoms with Crippen LogP contribution >= 0.6 is 0 Å². The molecule has 2 rings (SSSR count). The highest BCUT2D eigenvalue weighted by Gasteiger charge is 2.22. The predicted molar refractivity (Wildman–Crippen MR) is 82.6 cm³/mol. The van der Waals surface area contributed by atoms with Crippen molar-refractivity contribution in [1.29, 1.82) is 0 Å².